The monoisotopic (exact) mass is 279 g/mol. The summed E-state index contributed by atoms with van der Waals surface area (Å²) in [5.41, 5.74) is 2.57. The van der Waals surface area contributed by atoms with E-state index in [2.05, 4.69) is 54.7 Å². The molecule has 0 saturated carbocycles. The molecule has 0 saturated heterocycles. The Bertz CT molecular complexity index is 688. The molecule has 2 nitrogen and oxygen atoms in total. The van der Waals surface area contributed by atoms with Crippen molar-refractivity contribution in [2.24, 2.45) is 0 Å². The largest absolute Gasteiger partial charge is 0.472 e. The summed E-state index contributed by atoms with van der Waals surface area (Å²) in [6.45, 7) is 3.21. The van der Waals surface area contributed by atoms with Crippen LogP contribution in [0.3, 0.4) is 0 Å². The first-order valence-corrected chi connectivity index (χ1v) is 7.60. The molecular weight excluding hydrogens is 258 g/mol. The van der Waals surface area contributed by atoms with Gasteiger partial charge in [-0.3, -0.25) is 0 Å². The first kappa shape index (κ1) is 13.9. The topological polar surface area (TPSA) is 25.2 Å². The molecule has 0 amide bonds. The third-order valence-corrected chi connectivity index (χ3v) is 3.84. The molecule has 0 radical (unpaired) electrons. The second-order valence-electron chi connectivity index (χ2n) is 5.45. The summed E-state index contributed by atoms with van der Waals surface area (Å²) in [7, 11) is 0. The minimum absolute atomic E-state index is 0.310. The molecule has 0 aliphatic heterocycles. The van der Waals surface area contributed by atoms with Crippen molar-refractivity contribution in [2.75, 3.05) is 6.54 Å². The van der Waals surface area contributed by atoms with Crippen molar-refractivity contribution in [1.82, 2.24) is 5.32 Å². The molecule has 3 rings (SSSR count). The van der Waals surface area contributed by atoms with Crippen LogP contribution in [0.25, 0.3) is 10.8 Å². The van der Waals surface area contributed by atoms with Gasteiger partial charge in [-0.1, -0.05) is 49.4 Å². The van der Waals surface area contributed by atoms with E-state index in [0.717, 1.165) is 19.4 Å². The van der Waals surface area contributed by atoms with Crippen molar-refractivity contribution >= 4 is 10.8 Å². The van der Waals surface area contributed by atoms with Gasteiger partial charge in [-0.15, -0.1) is 0 Å². The summed E-state index contributed by atoms with van der Waals surface area (Å²) in [5.74, 6) is 0. The molecular formula is C19H21NO. The van der Waals surface area contributed by atoms with E-state index in [-0.39, 0.29) is 0 Å². The summed E-state index contributed by atoms with van der Waals surface area (Å²) in [6.07, 6.45) is 5.70. The van der Waals surface area contributed by atoms with Crippen molar-refractivity contribution in [3.05, 3.63) is 72.2 Å². The van der Waals surface area contributed by atoms with Gasteiger partial charge in [-0.2, -0.15) is 0 Å². The molecule has 1 aromatic heterocycles. The minimum Gasteiger partial charge on any atom is -0.472 e. The highest BCUT2D eigenvalue weighted by Crippen LogP contribution is 2.22. The summed E-state index contributed by atoms with van der Waals surface area (Å²) in [5, 5.41) is 6.20. The fourth-order valence-corrected chi connectivity index (χ4v) is 2.70. The number of furan rings is 1. The van der Waals surface area contributed by atoms with Crippen LogP contribution in [0.5, 0.6) is 0 Å². The Morgan fingerprint density at radius 2 is 1.90 bits per heavy atom. The summed E-state index contributed by atoms with van der Waals surface area (Å²) >= 11 is 0. The van der Waals surface area contributed by atoms with Gasteiger partial charge in [0.1, 0.15) is 0 Å². The highest BCUT2D eigenvalue weighted by Gasteiger charge is 2.12. The average Bonchev–Trinajstić information content (AvgIpc) is 3.05. The van der Waals surface area contributed by atoms with Crippen molar-refractivity contribution in [2.45, 2.75) is 25.8 Å². The molecule has 1 atom stereocenters. The van der Waals surface area contributed by atoms with Crippen LogP contribution < -0.4 is 5.32 Å². The normalized spacial score (nSPS) is 12.6. The smallest absolute Gasteiger partial charge is 0.0950 e. The number of hydrogen-bond acceptors (Lipinski definition) is 2. The van der Waals surface area contributed by atoms with E-state index >= 15 is 0 Å². The van der Waals surface area contributed by atoms with Gasteiger partial charge in [0.15, 0.2) is 0 Å². The van der Waals surface area contributed by atoms with Gasteiger partial charge in [0.25, 0.3) is 0 Å². The van der Waals surface area contributed by atoms with E-state index < -0.39 is 0 Å². The lowest BCUT2D eigenvalue weighted by molar-refractivity contribution is 0.512. The zero-order valence-corrected chi connectivity index (χ0v) is 12.4. The van der Waals surface area contributed by atoms with Crippen LogP contribution in [0.2, 0.25) is 0 Å². The van der Waals surface area contributed by atoms with Crippen LogP contribution in [-0.2, 0) is 6.42 Å². The van der Waals surface area contributed by atoms with Crippen LogP contribution in [0.4, 0.5) is 0 Å². The Morgan fingerprint density at radius 3 is 2.67 bits per heavy atom. The van der Waals surface area contributed by atoms with E-state index in [1.54, 1.807) is 6.26 Å². The fraction of sp³-hybridized carbons (Fsp3) is 0.263. The van der Waals surface area contributed by atoms with Gasteiger partial charge in [-0.25, -0.2) is 0 Å². The molecule has 3 aromatic rings. The van der Waals surface area contributed by atoms with Gasteiger partial charge in [0.05, 0.1) is 12.5 Å². The van der Waals surface area contributed by atoms with Crippen LogP contribution >= 0.6 is 0 Å². The quantitative estimate of drug-likeness (QED) is 0.706. The van der Waals surface area contributed by atoms with Crippen LogP contribution in [0, 0.1) is 0 Å². The maximum Gasteiger partial charge on any atom is 0.0950 e. The first-order valence-electron chi connectivity index (χ1n) is 7.60. The highest BCUT2D eigenvalue weighted by atomic mass is 16.3. The molecule has 0 aliphatic rings. The number of benzene rings is 2. The van der Waals surface area contributed by atoms with Gasteiger partial charge in [0.2, 0.25) is 0 Å². The van der Waals surface area contributed by atoms with E-state index in [1.807, 2.05) is 12.3 Å². The number of fused-ring (bicyclic) bond motifs is 1. The number of hydrogen-bond donors (Lipinski definition) is 1. The Hall–Kier alpha value is -2.06. The summed E-state index contributed by atoms with van der Waals surface area (Å²) < 4.78 is 5.24. The Morgan fingerprint density at radius 1 is 1.05 bits per heavy atom. The molecule has 1 N–H and O–H groups in total. The Labute approximate surface area is 125 Å². The van der Waals surface area contributed by atoms with Crippen molar-refractivity contribution in [3.63, 3.8) is 0 Å². The summed E-state index contributed by atoms with van der Waals surface area (Å²) in [6, 6.07) is 17.6. The molecule has 0 spiro atoms. The molecule has 1 heterocycles. The third kappa shape index (κ3) is 3.34. The SMILES string of the molecule is CCCNC(Cc1ccc2ccccc2c1)c1ccoc1. The second-order valence-corrected chi connectivity index (χ2v) is 5.45. The van der Waals surface area contributed by atoms with Crippen molar-refractivity contribution in [3.8, 4) is 0 Å². The van der Waals surface area contributed by atoms with Crippen LogP contribution in [0.1, 0.15) is 30.5 Å². The van der Waals surface area contributed by atoms with E-state index in [1.165, 1.54) is 21.9 Å². The molecule has 2 aromatic carbocycles. The molecule has 1 unspecified atom stereocenters. The number of nitrogens with one attached hydrogen (secondary N) is 1. The highest BCUT2D eigenvalue weighted by molar-refractivity contribution is 5.83. The predicted octanol–water partition coefficient (Wildman–Crippen LogP) is 4.72. The van der Waals surface area contributed by atoms with Gasteiger partial charge < -0.3 is 9.73 Å². The van der Waals surface area contributed by atoms with Gasteiger partial charge in [0, 0.05) is 11.6 Å². The van der Waals surface area contributed by atoms with Crippen LogP contribution in [-0.4, -0.2) is 6.54 Å². The Balaban J connectivity index is 1.83. The maximum atomic E-state index is 5.24. The van der Waals surface area contributed by atoms with Crippen molar-refractivity contribution < 1.29 is 4.42 Å². The van der Waals surface area contributed by atoms with Gasteiger partial charge in [-0.05, 0) is 41.8 Å². The standard InChI is InChI=1S/C19H21NO/c1-2-10-20-19(18-9-11-21-14-18)13-15-7-8-16-5-3-4-6-17(16)12-15/h3-9,11-12,14,19-20H,2,10,13H2,1H3. The van der Waals surface area contributed by atoms with Gasteiger partial charge >= 0.3 is 0 Å². The third-order valence-electron chi connectivity index (χ3n) is 3.84. The first-order chi connectivity index (χ1) is 10.4. The predicted molar refractivity (Wildman–Crippen MR) is 87.4 cm³/mol. The van der Waals surface area contributed by atoms with E-state index in [9.17, 15) is 0 Å². The van der Waals surface area contributed by atoms with E-state index in [0.29, 0.717) is 6.04 Å². The molecule has 21 heavy (non-hydrogen) atoms. The lowest BCUT2D eigenvalue weighted by atomic mass is 9.98. The number of rotatable bonds is 6. The van der Waals surface area contributed by atoms with Crippen molar-refractivity contribution in [1.29, 1.82) is 0 Å². The lowest BCUT2D eigenvalue weighted by Gasteiger charge is -2.17. The zero-order valence-electron chi connectivity index (χ0n) is 12.4. The lowest BCUT2D eigenvalue weighted by Crippen LogP contribution is -2.23. The summed E-state index contributed by atoms with van der Waals surface area (Å²) in [4.78, 5) is 0. The zero-order chi connectivity index (χ0) is 14.5. The minimum atomic E-state index is 0.310. The second kappa shape index (κ2) is 6.59. The van der Waals surface area contributed by atoms with Crippen LogP contribution in [0.15, 0.2) is 65.5 Å². The average molecular weight is 279 g/mol. The fourth-order valence-electron chi connectivity index (χ4n) is 2.70. The molecule has 0 aliphatic carbocycles. The molecule has 0 fully saturated rings. The van der Waals surface area contributed by atoms with E-state index in [4.69, 9.17) is 4.42 Å². The Kier molecular flexibility index (Phi) is 4.37. The maximum absolute atomic E-state index is 5.24. The molecule has 2 heteroatoms. The molecule has 0 bridgehead atoms. The molecule has 108 valence electrons.